The topological polar surface area (TPSA) is 114 Å². The molecular weight excluding hydrogens is 530 g/mol. The van der Waals surface area contributed by atoms with Crippen LogP contribution in [0.25, 0.3) is 0 Å². The van der Waals surface area contributed by atoms with E-state index in [0.29, 0.717) is 19.4 Å². The molecule has 0 aliphatic carbocycles. The van der Waals surface area contributed by atoms with Crippen molar-refractivity contribution in [2.75, 3.05) is 12.9 Å². The fourth-order valence-corrected chi connectivity index (χ4v) is 5.47. The first-order valence-electron chi connectivity index (χ1n) is 13.3. The normalized spacial score (nSPS) is 18.7. The van der Waals surface area contributed by atoms with Crippen LogP contribution in [0.15, 0.2) is 77.7 Å². The summed E-state index contributed by atoms with van der Waals surface area (Å²) in [5.41, 5.74) is 3.67. The molecule has 3 aromatic carbocycles. The van der Waals surface area contributed by atoms with Gasteiger partial charge in [0, 0.05) is 42.0 Å². The zero-order valence-electron chi connectivity index (χ0n) is 22.5. The van der Waals surface area contributed by atoms with E-state index in [1.807, 2.05) is 72.8 Å². The molecule has 40 heavy (non-hydrogen) atoms. The summed E-state index contributed by atoms with van der Waals surface area (Å²) in [5.74, 6) is 0.476. The van der Waals surface area contributed by atoms with Crippen molar-refractivity contribution in [3.8, 4) is 5.75 Å². The van der Waals surface area contributed by atoms with E-state index in [1.54, 1.807) is 18.9 Å². The summed E-state index contributed by atoms with van der Waals surface area (Å²) in [6.07, 6.45) is 0.331. The Morgan fingerprint density at radius 1 is 0.950 bits per heavy atom. The Hall–Kier alpha value is -3.37. The molecule has 1 heterocycles. The SMILES string of the molecule is COc1ccccc1SCC1CC(c2ccc(CO)cc2)OC(c2ccc(CNC(=O)CCCC(=O)O)cc2)O1. The highest BCUT2D eigenvalue weighted by atomic mass is 32.2. The highest BCUT2D eigenvalue weighted by Gasteiger charge is 2.32. The van der Waals surface area contributed by atoms with Gasteiger partial charge < -0.3 is 29.7 Å². The first kappa shape index (κ1) is 29.6. The summed E-state index contributed by atoms with van der Waals surface area (Å²) in [7, 11) is 1.67. The van der Waals surface area contributed by atoms with Crippen molar-refractivity contribution in [2.24, 2.45) is 0 Å². The lowest BCUT2D eigenvalue weighted by atomic mass is 10.0. The fraction of sp³-hybridized carbons (Fsp3) is 0.355. The summed E-state index contributed by atoms with van der Waals surface area (Å²) in [6.45, 7) is 0.349. The van der Waals surface area contributed by atoms with Crippen LogP contribution >= 0.6 is 11.8 Å². The summed E-state index contributed by atoms with van der Waals surface area (Å²) in [6, 6.07) is 23.5. The van der Waals surface area contributed by atoms with E-state index >= 15 is 0 Å². The van der Waals surface area contributed by atoms with Crippen LogP contribution in [0, 0.1) is 0 Å². The molecular formula is C31H35NO7S. The molecule has 3 atom stereocenters. The molecule has 0 spiro atoms. The van der Waals surface area contributed by atoms with Crippen LogP contribution in [0.3, 0.4) is 0 Å². The van der Waals surface area contributed by atoms with Crippen molar-refractivity contribution in [1.82, 2.24) is 5.32 Å². The van der Waals surface area contributed by atoms with E-state index in [-0.39, 0.29) is 37.6 Å². The highest BCUT2D eigenvalue weighted by Crippen LogP contribution is 2.40. The number of aliphatic hydroxyl groups excluding tert-OH is 1. The van der Waals surface area contributed by atoms with E-state index in [1.165, 1.54) is 0 Å². The van der Waals surface area contributed by atoms with Crippen molar-refractivity contribution < 1.29 is 34.0 Å². The molecule has 9 heteroatoms. The zero-order valence-corrected chi connectivity index (χ0v) is 23.3. The number of methoxy groups -OCH3 is 1. The van der Waals surface area contributed by atoms with Gasteiger partial charge in [-0.1, -0.05) is 60.7 Å². The van der Waals surface area contributed by atoms with Gasteiger partial charge in [0.05, 0.1) is 25.9 Å². The highest BCUT2D eigenvalue weighted by molar-refractivity contribution is 7.99. The van der Waals surface area contributed by atoms with E-state index < -0.39 is 12.3 Å². The lowest BCUT2D eigenvalue weighted by Crippen LogP contribution is -2.31. The van der Waals surface area contributed by atoms with Crippen molar-refractivity contribution in [3.05, 3.63) is 95.1 Å². The Balaban J connectivity index is 1.42. The van der Waals surface area contributed by atoms with Gasteiger partial charge in [-0.15, -0.1) is 11.8 Å². The van der Waals surface area contributed by atoms with E-state index in [0.717, 1.165) is 38.7 Å². The maximum Gasteiger partial charge on any atom is 0.303 e. The van der Waals surface area contributed by atoms with Gasteiger partial charge in [0.2, 0.25) is 5.91 Å². The number of para-hydroxylation sites is 1. The first-order chi connectivity index (χ1) is 19.4. The van der Waals surface area contributed by atoms with Crippen LogP contribution in [0.2, 0.25) is 0 Å². The van der Waals surface area contributed by atoms with Crippen molar-refractivity contribution in [1.29, 1.82) is 0 Å². The summed E-state index contributed by atoms with van der Waals surface area (Å²) < 4.78 is 18.4. The number of hydrogen-bond acceptors (Lipinski definition) is 7. The van der Waals surface area contributed by atoms with Gasteiger partial charge in [-0.2, -0.15) is 0 Å². The molecule has 0 radical (unpaired) electrons. The molecule has 8 nitrogen and oxygen atoms in total. The minimum Gasteiger partial charge on any atom is -0.496 e. The van der Waals surface area contributed by atoms with E-state index in [4.69, 9.17) is 19.3 Å². The lowest BCUT2D eigenvalue weighted by Gasteiger charge is -2.36. The number of ether oxygens (including phenoxy) is 3. The molecule has 1 amide bonds. The molecule has 1 fully saturated rings. The van der Waals surface area contributed by atoms with Crippen LogP contribution in [0.5, 0.6) is 5.75 Å². The molecule has 1 saturated heterocycles. The molecule has 0 aromatic heterocycles. The molecule has 0 bridgehead atoms. The number of carboxylic acid groups (broad SMARTS) is 1. The number of amides is 1. The second-order valence-electron chi connectivity index (χ2n) is 9.58. The van der Waals surface area contributed by atoms with Crippen molar-refractivity contribution in [3.63, 3.8) is 0 Å². The predicted molar refractivity (Wildman–Crippen MR) is 152 cm³/mol. The van der Waals surface area contributed by atoms with Gasteiger partial charge in [-0.05, 0) is 35.2 Å². The number of thioether (sulfide) groups is 1. The molecule has 3 aromatic rings. The van der Waals surface area contributed by atoms with Gasteiger partial charge in [0.15, 0.2) is 6.29 Å². The smallest absolute Gasteiger partial charge is 0.303 e. The largest absolute Gasteiger partial charge is 0.496 e. The van der Waals surface area contributed by atoms with E-state index in [9.17, 15) is 14.7 Å². The third-order valence-electron chi connectivity index (χ3n) is 6.64. The Morgan fingerprint density at radius 3 is 2.35 bits per heavy atom. The number of carboxylic acids is 1. The Morgan fingerprint density at radius 2 is 1.65 bits per heavy atom. The van der Waals surface area contributed by atoms with Crippen molar-refractivity contribution in [2.45, 2.75) is 62.2 Å². The standard InChI is InChI=1S/C31H35NO7S/c1-37-26-5-2-3-6-28(26)40-20-25-17-27(23-13-11-22(19-33)12-14-23)39-31(38-25)24-15-9-21(10-16-24)18-32-29(34)7-4-8-30(35)36/h2-3,5-6,9-16,25,27,31,33H,4,7-8,17-20H2,1H3,(H,32,34)(H,35,36). The molecule has 1 aliphatic heterocycles. The molecule has 3 unspecified atom stereocenters. The number of nitrogens with one attached hydrogen (secondary N) is 1. The number of aliphatic carboxylic acids is 1. The van der Waals surface area contributed by atoms with Crippen LogP contribution < -0.4 is 10.1 Å². The van der Waals surface area contributed by atoms with Gasteiger partial charge in [0.25, 0.3) is 0 Å². The maximum absolute atomic E-state index is 12.0. The summed E-state index contributed by atoms with van der Waals surface area (Å²) in [4.78, 5) is 23.7. The van der Waals surface area contributed by atoms with E-state index in [2.05, 4.69) is 5.32 Å². The first-order valence-corrected chi connectivity index (χ1v) is 14.3. The average molecular weight is 566 g/mol. The van der Waals surface area contributed by atoms with Crippen LogP contribution in [0.1, 0.15) is 60.3 Å². The Bertz CT molecular complexity index is 1250. The number of rotatable bonds is 13. The van der Waals surface area contributed by atoms with Gasteiger partial charge in [-0.3, -0.25) is 9.59 Å². The Labute approximate surface area is 238 Å². The van der Waals surface area contributed by atoms with Crippen LogP contribution in [0.4, 0.5) is 0 Å². The zero-order chi connectivity index (χ0) is 28.3. The summed E-state index contributed by atoms with van der Waals surface area (Å²) in [5, 5.41) is 21.0. The lowest BCUT2D eigenvalue weighted by molar-refractivity contribution is -0.245. The van der Waals surface area contributed by atoms with Crippen molar-refractivity contribution >= 4 is 23.6 Å². The molecule has 212 valence electrons. The minimum atomic E-state index is -0.902. The second kappa shape index (κ2) is 14.9. The molecule has 4 rings (SSSR count). The number of aliphatic hydroxyl groups is 1. The van der Waals surface area contributed by atoms with Gasteiger partial charge in [-0.25, -0.2) is 0 Å². The van der Waals surface area contributed by atoms with Crippen LogP contribution in [-0.4, -0.2) is 41.1 Å². The van der Waals surface area contributed by atoms with Gasteiger partial charge in [0.1, 0.15) is 5.75 Å². The van der Waals surface area contributed by atoms with Gasteiger partial charge >= 0.3 is 5.97 Å². The molecule has 1 aliphatic rings. The van der Waals surface area contributed by atoms with Crippen LogP contribution in [-0.2, 0) is 32.2 Å². The predicted octanol–water partition coefficient (Wildman–Crippen LogP) is 5.40. The third-order valence-corrected chi connectivity index (χ3v) is 7.83. The monoisotopic (exact) mass is 565 g/mol. The average Bonchev–Trinajstić information content (AvgIpc) is 2.99. The molecule has 3 N–H and O–H groups in total. The molecule has 0 saturated carbocycles. The maximum atomic E-state index is 12.0. The Kier molecular flexibility index (Phi) is 11.0. The third kappa shape index (κ3) is 8.56. The fourth-order valence-electron chi connectivity index (χ4n) is 4.43. The second-order valence-corrected chi connectivity index (χ2v) is 10.6. The quantitative estimate of drug-likeness (QED) is 0.236. The number of hydrogen-bond donors (Lipinski definition) is 3. The number of carbonyl (C=O) groups excluding carboxylic acids is 1. The number of benzene rings is 3. The minimum absolute atomic E-state index is 0.00908. The number of carbonyl (C=O) groups is 2. The summed E-state index contributed by atoms with van der Waals surface area (Å²) >= 11 is 1.69.